The minimum atomic E-state index is -0.708. The van der Waals surface area contributed by atoms with Crippen molar-refractivity contribution in [1.82, 2.24) is 5.32 Å². The third kappa shape index (κ3) is 5.68. The van der Waals surface area contributed by atoms with Gasteiger partial charge in [-0.15, -0.1) is 0 Å². The Morgan fingerprint density at radius 1 is 1.14 bits per heavy atom. The number of benzene rings is 2. The van der Waals surface area contributed by atoms with Crippen LogP contribution in [0.4, 0.5) is 5.69 Å². The number of hydrogen-bond donors (Lipinski definition) is 1. The molecule has 0 aliphatic carbocycles. The molecule has 28 heavy (non-hydrogen) atoms. The molecule has 2 aromatic carbocycles. The summed E-state index contributed by atoms with van der Waals surface area (Å²) in [5.41, 5.74) is 0.560. The topological polar surface area (TPSA) is 98.5 Å². The Kier molecular flexibility index (Phi) is 8.88. The van der Waals surface area contributed by atoms with Crippen molar-refractivity contribution in [2.24, 2.45) is 0 Å². The number of esters is 1. The van der Waals surface area contributed by atoms with Gasteiger partial charge in [0, 0.05) is 11.1 Å². The molecule has 0 aliphatic heterocycles. The molecule has 0 saturated carbocycles. The van der Waals surface area contributed by atoms with E-state index < -0.39 is 28.5 Å². The second kappa shape index (κ2) is 10.6. The van der Waals surface area contributed by atoms with Crippen molar-refractivity contribution in [1.29, 1.82) is 0 Å². The number of rotatable bonds is 5. The van der Waals surface area contributed by atoms with Crippen LogP contribution in [0.15, 0.2) is 36.4 Å². The van der Waals surface area contributed by atoms with Crippen LogP contribution < -0.4 is 5.32 Å². The summed E-state index contributed by atoms with van der Waals surface area (Å²) in [6.07, 6.45) is 0. The largest absolute Gasteiger partial charge is 0.465 e. The van der Waals surface area contributed by atoms with E-state index in [9.17, 15) is 19.7 Å². The Morgan fingerprint density at radius 2 is 1.71 bits per heavy atom. The highest BCUT2D eigenvalue weighted by atomic mass is 35.5. The molecule has 0 radical (unpaired) electrons. The van der Waals surface area contributed by atoms with Crippen molar-refractivity contribution in [3.63, 3.8) is 0 Å². The number of ether oxygens (including phenoxy) is 1. The van der Waals surface area contributed by atoms with Gasteiger partial charge in [0.1, 0.15) is 5.02 Å². The number of hydrogen-bond acceptors (Lipinski definition) is 5. The zero-order chi connectivity index (χ0) is 21.4. The molecule has 0 aromatic heterocycles. The van der Waals surface area contributed by atoms with E-state index in [1.807, 2.05) is 13.8 Å². The molecule has 0 spiro atoms. The summed E-state index contributed by atoms with van der Waals surface area (Å²) in [5.74, 6) is -1.07. The molecule has 0 saturated heterocycles. The van der Waals surface area contributed by atoms with Gasteiger partial charge >= 0.3 is 5.97 Å². The van der Waals surface area contributed by atoms with E-state index in [0.717, 1.165) is 11.6 Å². The van der Waals surface area contributed by atoms with Gasteiger partial charge in [-0.25, -0.2) is 4.79 Å². The summed E-state index contributed by atoms with van der Waals surface area (Å²) in [4.78, 5) is 34.2. The van der Waals surface area contributed by atoms with Crippen LogP contribution in [0, 0.1) is 10.1 Å². The van der Waals surface area contributed by atoms with Gasteiger partial charge in [-0.2, -0.15) is 0 Å². The second-order valence-corrected chi connectivity index (χ2v) is 6.17. The highest BCUT2D eigenvalue weighted by Gasteiger charge is 2.23. The number of nitro groups is 1. The Morgan fingerprint density at radius 3 is 2.21 bits per heavy atom. The summed E-state index contributed by atoms with van der Waals surface area (Å²) in [5, 5.41) is 13.4. The molecule has 150 valence electrons. The molecule has 1 atom stereocenters. The van der Waals surface area contributed by atoms with Crippen LogP contribution >= 0.6 is 23.2 Å². The second-order valence-electron chi connectivity index (χ2n) is 5.35. The third-order valence-electron chi connectivity index (χ3n) is 3.64. The number of halogens is 2. The average Bonchev–Trinajstić information content (AvgIpc) is 2.70. The smallest absolute Gasteiger partial charge is 0.337 e. The van der Waals surface area contributed by atoms with E-state index in [1.165, 1.54) is 13.2 Å². The molecule has 0 heterocycles. The highest BCUT2D eigenvalue weighted by Crippen LogP contribution is 2.32. The Labute approximate surface area is 172 Å². The fourth-order valence-electron chi connectivity index (χ4n) is 2.26. The lowest BCUT2D eigenvalue weighted by Gasteiger charge is -2.15. The molecular formula is C19H20Cl2N2O5. The number of carbonyl (C=O) groups excluding carboxylic acids is 2. The normalized spacial score (nSPS) is 10.9. The van der Waals surface area contributed by atoms with Crippen LogP contribution in [0.25, 0.3) is 0 Å². The molecule has 7 nitrogen and oxygen atoms in total. The fraction of sp³-hybridized carbons (Fsp3) is 0.263. The predicted molar refractivity (Wildman–Crippen MR) is 108 cm³/mol. The summed E-state index contributed by atoms with van der Waals surface area (Å²) in [6, 6.07) is 8.37. The first kappa shape index (κ1) is 23.4. The fourth-order valence-corrected chi connectivity index (χ4v) is 2.73. The van der Waals surface area contributed by atoms with E-state index in [1.54, 1.807) is 31.2 Å². The minimum absolute atomic E-state index is 0.0290. The lowest BCUT2D eigenvalue weighted by atomic mass is 10.1. The Balaban J connectivity index is 0.00000190. The highest BCUT2D eigenvalue weighted by molar-refractivity contribution is 6.37. The lowest BCUT2D eigenvalue weighted by molar-refractivity contribution is -0.384. The maximum atomic E-state index is 12.4. The predicted octanol–water partition coefficient (Wildman–Crippen LogP) is 5.21. The number of carbonyl (C=O) groups is 2. The summed E-state index contributed by atoms with van der Waals surface area (Å²) in [6.45, 7) is 5.72. The van der Waals surface area contributed by atoms with E-state index in [-0.39, 0.29) is 15.6 Å². The molecule has 0 aliphatic rings. The zero-order valence-corrected chi connectivity index (χ0v) is 17.3. The monoisotopic (exact) mass is 426 g/mol. The van der Waals surface area contributed by atoms with Gasteiger partial charge in [0.15, 0.2) is 0 Å². The van der Waals surface area contributed by atoms with Gasteiger partial charge in [0.2, 0.25) is 0 Å². The van der Waals surface area contributed by atoms with E-state index in [4.69, 9.17) is 23.2 Å². The Hall–Kier alpha value is -2.64. The number of nitrogens with zero attached hydrogens (tertiary/aromatic N) is 1. The average molecular weight is 427 g/mol. The maximum Gasteiger partial charge on any atom is 0.337 e. The van der Waals surface area contributed by atoms with Gasteiger partial charge in [0.05, 0.1) is 29.2 Å². The van der Waals surface area contributed by atoms with Crippen molar-refractivity contribution in [3.05, 3.63) is 73.2 Å². The molecule has 0 bridgehead atoms. The van der Waals surface area contributed by atoms with Crippen LogP contribution in [0.2, 0.25) is 10.0 Å². The quantitative estimate of drug-likeness (QED) is 0.402. The van der Waals surface area contributed by atoms with Gasteiger partial charge in [-0.3, -0.25) is 14.9 Å². The van der Waals surface area contributed by atoms with Crippen molar-refractivity contribution < 1.29 is 19.2 Å². The minimum Gasteiger partial charge on any atom is -0.465 e. The molecule has 2 aromatic rings. The molecule has 0 unspecified atom stereocenters. The van der Waals surface area contributed by atoms with Gasteiger partial charge in [-0.05, 0) is 30.7 Å². The van der Waals surface area contributed by atoms with Crippen LogP contribution in [0.1, 0.15) is 53.1 Å². The van der Waals surface area contributed by atoms with Crippen LogP contribution in [0.3, 0.4) is 0 Å². The molecule has 2 rings (SSSR count). The first-order valence-corrected chi connectivity index (χ1v) is 9.12. The van der Waals surface area contributed by atoms with Crippen LogP contribution in [-0.2, 0) is 4.74 Å². The van der Waals surface area contributed by atoms with E-state index >= 15 is 0 Å². The summed E-state index contributed by atoms with van der Waals surface area (Å²) in [7, 11) is 1.28. The van der Waals surface area contributed by atoms with Gasteiger partial charge < -0.3 is 10.1 Å². The van der Waals surface area contributed by atoms with Crippen LogP contribution in [-0.4, -0.2) is 23.9 Å². The van der Waals surface area contributed by atoms with Crippen LogP contribution in [0.5, 0.6) is 0 Å². The maximum absolute atomic E-state index is 12.4. The number of methoxy groups -OCH3 is 1. The number of nitrogens with one attached hydrogen (secondary N) is 1. The number of nitro benzene ring substituents is 1. The SMILES string of the molecule is CC.COC(=O)c1ccc([C@H](C)NC(=O)c2cc(Cl)cc([N+](=O)[O-])c2Cl)cc1. The molecular weight excluding hydrogens is 407 g/mol. The van der Waals surface area contributed by atoms with E-state index in [2.05, 4.69) is 10.1 Å². The van der Waals surface area contributed by atoms with Crippen molar-refractivity contribution in [3.8, 4) is 0 Å². The summed E-state index contributed by atoms with van der Waals surface area (Å²) >= 11 is 11.8. The Bertz CT molecular complexity index is 869. The molecule has 1 amide bonds. The van der Waals surface area contributed by atoms with E-state index in [0.29, 0.717) is 5.56 Å². The standard InChI is InChI=1S/C17H14Cl2N2O5.C2H6/c1-9(10-3-5-11(6-4-10)17(23)26-2)20-16(22)13-7-12(18)8-14(15(13)19)21(24)25;1-2/h3-9H,1-2H3,(H,20,22);1-2H3/t9-;/m0./s1. The van der Waals surface area contributed by atoms with Crippen molar-refractivity contribution >= 4 is 40.8 Å². The third-order valence-corrected chi connectivity index (χ3v) is 4.25. The van der Waals surface area contributed by atoms with Crippen molar-refractivity contribution in [2.75, 3.05) is 7.11 Å². The number of amides is 1. The first-order chi connectivity index (χ1) is 13.2. The molecule has 9 heteroatoms. The van der Waals surface area contributed by atoms with Gasteiger partial charge in [-0.1, -0.05) is 49.2 Å². The van der Waals surface area contributed by atoms with Gasteiger partial charge in [0.25, 0.3) is 11.6 Å². The van der Waals surface area contributed by atoms with Crippen molar-refractivity contribution in [2.45, 2.75) is 26.8 Å². The first-order valence-electron chi connectivity index (χ1n) is 8.37. The summed E-state index contributed by atoms with van der Waals surface area (Å²) < 4.78 is 4.62. The zero-order valence-electron chi connectivity index (χ0n) is 15.8. The molecule has 1 N–H and O–H groups in total. The lowest BCUT2D eigenvalue weighted by Crippen LogP contribution is -2.27. The molecule has 0 fully saturated rings.